The molecule has 1 aliphatic heterocycles. The molecule has 2 aromatic rings. The van der Waals surface area contributed by atoms with Crippen molar-refractivity contribution in [3.05, 3.63) is 27.9 Å². The fourth-order valence-corrected chi connectivity index (χ4v) is 3.28. The maximum absolute atomic E-state index is 12.1. The van der Waals surface area contributed by atoms with Crippen molar-refractivity contribution in [1.29, 1.82) is 0 Å². The Kier molecular flexibility index (Phi) is 3.40. The maximum atomic E-state index is 12.1. The van der Waals surface area contributed by atoms with Crippen molar-refractivity contribution in [2.24, 2.45) is 0 Å². The van der Waals surface area contributed by atoms with Gasteiger partial charge in [-0.25, -0.2) is 10.0 Å². The van der Waals surface area contributed by atoms with Crippen molar-refractivity contribution in [3.63, 3.8) is 0 Å². The van der Waals surface area contributed by atoms with Gasteiger partial charge in [0.1, 0.15) is 10.7 Å². The van der Waals surface area contributed by atoms with Crippen LogP contribution in [0.15, 0.2) is 22.2 Å². The molecule has 0 spiro atoms. The van der Waals surface area contributed by atoms with Gasteiger partial charge in [-0.15, -0.1) is 11.3 Å². The van der Waals surface area contributed by atoms with Gasteiger partial charge < -0.3 is 0 Å². The molecule has 94 valence electrons. The van der Waals surface area contributed by atoms with E-state index in [1.165, 1.54) is 16.4 Å². The molecule has 0 aliphatic carbocycles. The van der Waals surface area contributed by atoms with Gasteiger partial charge in [-0.05, 0) is 24.3 Å². The largest absolute Gasteiger partial charge is 0.296 e. The summed E-state index contributed by atoms with van der Waals surface area (Å²) in [5, 5.41) is 8.15. The van der Waals surface area contributed by atoms with Crippen LogP contribution < -0.4 is 0 Å². The van der Waals surface area contributed by atoms with Crippen LogP contribution in [0.25, 0.3) is 10.6 Å². The molecule has 1 amide bonds. The van der Waals surface area contributed by atoms with Crippen molar-refractivity contribution in [3.8, 4) is 10.6 Å². The molecule has 0 bridgehead atoms. The molecule has 1 fully saturated rings. The Balaban J connectivity index is 1.78. The zero-order valence-corrected chi connectivity index (χ0v) is 11.3. The second-order valence-corrected chi connectivity index (χ2v) is 5.64. The number of hydrogen-bond donors (Lipinski definition) is 0. The highest BCUT2D eigenvalue weighted by atomic mass is 32.1. The summed E-state index contributed by atoms with van der Waals surface area (Å²) in [7, 11) is 0. The Morgan fingerprint density at radius 2 is 2.33 bits per heavy atom. The van der Waals surface area contributed by atoms with Gasteiger partial charge in [-0.1, -0.05) is 0 Å². The molecular weight excluding hydrogens is 268 g/mol. The Morgan fingerprint density at radius 1 is 1.39 bits per heavy atom. The number of thiophene rings is 1. The molecule has 6 heteroatoms. The van der Waals surface area contributed by atoms with Crippen molar-refractivity contribution in [2.45, 2.75) is 12.8 Å². The van der Waals surface area contributed by atoms with Gasteiger partial charge in [0.15, 0.2) is 0 Å². The minimum Gasteiger partial charge on any atom is -0.271 e. The number of nitrogens with zero attached hydrogens (tertiary/aromatic N) is 2. The number of hydroxylamine groups is 2. The van der Waals surface area contributed by atoms with Crippen molar-refractivity contribution >= 4 is 28.6 Å². The highest BCUT2D eigenvalue weighted by molar-refractivity contribution is 7.14. The van der Waals surface area contributed by atoms with Crippen molar-refractivity contribution < 1.29 is 9.63 Å². The second kappa shape index (κ2) is 5.17. The van der Waals surface area contributed by atoms with E-state index in [9.17, 15) is 4.79 Å². The smallest absolute Gasteiger partial charge is 0.271 e. The Bertz CT molecular complexity index is 530. The number of carbonyl (C=O) groups is 1. The van der Waals surface area contributed by atoms with Gasteiger partial charge in [0.2, 0.25) is 0 Å². The predicted molar refractivity (Wildman–Crippen MR) is 71.6 cm³/mol. The van der Waals surface area contributed by atoms with Crippen LogP contribution in [0.2, 0.25) is 0 Å². The SMILES string of the molecule is O=C(c1csc(-c2ccsc2)n1)N1CCCCO1. The van der Waals surface area contributed by atoms with Gasteiger partial charge in [0.05, 0.1) is 6.61 Å². The Labute approximate surface area is 113 Å². The molecule has 4 nitrogen and oxygen atoms in total. The summed E-state index contributed by atoms with van der Waals surface area (Å²) in [5.74, 6) is -0.132. The predicted octanol–water partition coefficient (Wildman–Crippen LogP) is 3.04. The lowest BCUT2D eigenvalue weighted by molar-refractivity contribution is -0.144. The fourth-order valence-electron chi connectivity index (χ4n) is 1.78. The van der Waals surface area contributed by atoms with Gasteiger partial charge in [-0.3, -0.25) is 9.63 Å². The van der Waals surface area contributed by atoms with Gasteiger partial charge in [0.25, 0.3) is 5.91 Å². The van der Waals surface area contributed by atoms with Crippen molar-refractivity contribution in [1.82, 2.24) is 10.0 Å². The number of thiazole rings is 1. The van der Waals surface area contributed by atoms with E-state index in [0.717, 1.165) is 23.4 Å². The second-order valence-electron chi connectivity index (χ2n) is 4.00. The van der Waals surface area contributed by atoms with E-state index in [0.29, 0.717) is 18.8 Å². The minimum absolute atomic E-state index is 0.132. The molecule has 0 aromatic carbocycles. The first-order valence-corrected chi connectivity index (χ1v) is 7.60. The number of carbonyl (C=O) groups excluding carboxylic acids is 1. The van der Waals surface area contributed by atoms with E-state index in [4.69, 9.17) is 4.84 Å². The number of rotatable bonds is 2. The summed E-state index contributed by atoms with van der Waals surface area (Å²) in [6.07, 6.45) is 2.01. The molecule has 2 aromatic heterocycles. The van der Waals surface area contributed by atoms with Gasteiger partial charge in [0, 0.05) is 22.9 Å². The standard InChI is InChI=1S/C12H12N2O2S2/c15-12(14-4-1-2-5-16-14)10-8-18-11(13-10)9-3-6-17-7-9/h3,6-8H,1-2,4-5H2. The average Bonchev–Trinajstić information content (AvgIpc) is 3.09. The summed E-state index contributed by atoms with van der Waals surface area (Å²) >= 11 is 3.12. The summed E-state index contributed by atoms with van der Waals surface area (Å²) < 4.78 is 0. The fraction of sp³-hybridized carbons (Fsp3) is 0.333. The van der Waals surface area contributed by atoms with E-state index in [1.807, 2.05) is 16.8 Å². The molecule has 0 saturated carbocycles. The van der Waals surface area contributed by atoms with Crippen LogP contribution in [0.5, 0.6) is 0 Å². The summed E-state index contributed by atoms with van der Waals surface area (Å²) in [6, 6.07) is 2.01. The van der Waals surface area contributed by atoms with Crippen LogP contribution in [0, 0.1) is 0 Å². The number of amides is 1. The normalized spacial score (nSPS) is 15.9. The van der Waals surface area contributed by atoms with Crippen LogP contribution in [0.3, 0.4) is 0 Å². The van der Waals surface area contributed by atoms with E-state index < -0.39 is 0 Å². The lowest BCUT2D eigenvalue weighted by Gasteiger charge is -2.24. The third-order valence-corrected chi connectivity index (χ3v) is 4.30. The molecule has 3 heterocycles. The molecule has 0 unspecified atom stereocenters. The van der Waals surface area contributed by atoms with E-state index in [2.05, 4.69) is 4.98 Å². The summed E-state index contributed by atoms with van der Waals surface area (Å²) in [5.41, 5.74) is 1.55. The Hall–Kier alpha value is -1.24. The quantitative estimate of drug-likeness (QED) is 0.849. The van der Waals surface area contributed by atoms with Crippen LogP contribution in [-0.4, -0.2) is 29.1 Å². The Morgan fingerprint density at radius 3 is 3.06 bits per heavy atom. The zero-order valence-electron chi connectivity index (χ0n) is 9.67. The van der Waals surface area contributed by atoms with E-state index in [1.54, 1.807) is 16.7 Å². The van der Waals surface area contributed by atoms with Crippen LogP contribution in [0.1, 0.15) is 23.3 Å². The third kappa shape index (κ3) is 2.31. The first-order chi connectivity index (χ1) is 8.84. The minimum atomic E-state index is -0.132. The first-order valence-electron chi connectivity index (χ1n) is 5.77. The van der Waals surface area contributed by atoms with Gasteiger partial charge in [-0.2, -0.15) is 11.3 Å². The third-order valence-electron chi connectivity index (χ3n) is 2.72. The topological polar surface area (TPSA) is 42.4 Å². The highest BCUT2D eigenvalue weighted by Crippen LogP contribution is 2.26. The van der Waals surface area contributed by atoms with Crippen LogP contribution in [-0.2, 0) is 4.84 Å². The van der Waals surface area contributed by atoms with Crippen LogP contribution in [0.4, 0.5) is 0 Å². The highest BCUT2D eigenvalue weighted by Gasteiger charge is 2.22. The number of aromatic nitrogens is 1. The molecule has 0 radical (unpaired) electrons. The van der Waals surface area contributed by atoms with Gasteiger partial charge >= 0.3 is 0 Å². The summed E-state index contributed by atoms with van der Waals surface area (Å²) in [6.45, 7) is 1.28. The molecular formula is C12H12N2O2S2. The lowest BCUT2D eigenvalue weighted by atomic mass is 10.3. The maximum Gasteiger partial charge on any atom is 0.296 e. The van der Waals surface area contributed by atoms with Crippen LogP contribution >= 0.6 is 22.7 Å². The van der Waals surface area contributed by atoms with Crippen molar-refractivity contribution in [2.75, 3.05) is 13.2 Å². The molecule has 1 saturated heterocycles. The average molecular weight is 280 g/mol. The van der Waals surface area contributed by atoms with E-state index >= 15 is 0 Å². The molecule has 1 aliphatic rings. The lowest BCUT2D eigenvalue weighted by Crippen LogP contribution is -2.35. The summed E-state index contributed by atoms with van der Waals surface area (Å²) in [4.78, 5) is 21.9. The molecule has 18 heavy (non-hydrogen) atoms. The molecule has 0 N–H and O–H groups in total. The van der Waals surface area contributed by atoms with E-state index in [-0.39, 0.29) is 5.91 Å². The monoisotopic (exact) mass is 280 g/mol. The molecule has 3 rings (SSSR count). The molecule has 0 atom stereocenters. The zero-order chi connectivity index (χ0) is 12.4. The first kappa shape index (κ1) is 11.8. The number of hydrogen-bond acceptors (Lipinski definition) is 5.